The number of thiocarbonyl (C=S) groups is 1. The van der Waals surface area contributed by atoms with Crippen LogP contribution in [0.25, 0.3) is 21.5 Å². The third kappa shape index (κ3) is 5.39. The molecule has 0 fully saturated rings. The van der Waals surface area contributed by atoms with Crippen molar-refractivity contribution in [2.24, 2.45) is 0 Å². The Kier molecular flexibility index (Phi) is 6.73. The van der Waals surface area contributed by atoms with E-state index in [1.807, 2.05) is 31.2 Å². The molecule has 0 saturated carbocycles. The topological polar surface area (TPSA) is 96.3 Å². The highest BCUT2D eigenvalue weighted by Gasteiger charge is 2.15. The molecule has 3 N–H and O–H groups in total. The van der Waals surface area contributed by atoms with E-state index in [-0.39, 0.29) is 16.8 Å². The van der Waals surface area contributed by atoms with Crippen molar-refractivity contribution in [2.75, 3.05) is 10.6 Å². The summed E-state index contributed by atoms with van der Waals surface area (Å²) in [6.45, 7) is 3.69. The molecular formula is C23H19ClN4O3S2. The van der Waals surface area contributed by atoms with Gasteiger partial charge in [0.25, 0.3) is 5.91 Å². The molecule has 4 rings (SSSR count). The number of anilines is 2. The fraction of sp³-hybridized carbons (Fsp3) is 0.130. The van der Waals surface area contributed by atoms with E-state index in [1.54, 1.807) is 31.2 Å². The lowest BCUT2D eigenvalue weighted by Crippen LogP contribution is -2.33. The molecule has 2 amide bonds. The molecule has 0 radical (unpaired) electrons. The number of hydrogen-bond acceptors (Lipinski definition) is 6. The summed E-state index contributed by atoms with van der Waals surface area (Å²) < 4.78 is 6.55. The molecule has 0 aliphatic carbocycles. The predicted octanol–water partition coefficient (Wildman–Crippen LogP) is 5.99. The number of nitrogens with one attached hydrogen (secondary N) is 3. The Labute approximate surface area is 204 Å². The molecule has 0 bridgehead atoms. The Hall–Kier alpha value is -3.27. The highest BCUT2D eigenvalue weighted by atomic mass is 35.5. The maximum Gasteiger partial charge on any atom is 0.293 e. The van der Waals surface area contributed by atoms with E-state index in [0.29, 0.717) is 28.0 Å². The Balaban J connectivity index is 1.40. The van der Waals surface area contributed by atoms with Gasteiger partial charge in [0, 0.05) is 22.7 Å². The van der Waals surface area contributed by atoms with Crippen molar-refractivity contribution in [1.29, 1.82) is 0 Å². The summed E-state index contributed by atoms with van der Waals surface area (Å²) in [5, 5.41) is 9.63. The number of benzene rings is 2. The maximum atomic E-state index is 12.6. The molecule has 2 heterocycles. The lowest BCUT2D eigenvalue weighted by Gasteiger charge is -2.08. The number of thiazole rings is 1. The SMILES string of the molecule is CCC(=O)Nc1nc2ccc(NC(=S)NC(=O)c3ccc(-c4ccc(C)c(Cl)c4)o3)cc2s1. The van der Waals surface area contributed by atoms with Crippen LogP contribution in [0.1, 0.15) is 29.5 Å². The zero-order chi connectivity index (χ0) is 23.5. The molecule has 4 aromatic rings. The third-order valence-corrected chi connectivity index (χ3v) is 6.27. The fourth-order valence-electron chi connectivity index (χ4n) is 2.95. The number of aryl methyl sites for hydroxylation is 1. The van der Waals surface area contributed by atoms with Gasteiger partial charge in [-0.15, -0.1) is 0 Å². The quantitative estimate of drug-likeness (QED) is 0.292. The number of hydrogen-bond donors (Lipinski definition) is 3. The first-order valence-electron chi connectivity index (χ1n) is 10.0. The van der Waals surface area contributed by atoms with Gasteiger partial charge in [0.15, 0.2) is 16.0 Å². The summed E-state index contributed by atoms with van der Waals surface area (Å²) in [6, 6.07) is 14.3. The van der Waals surface area contributed by atoms with E-state index in [1.165, 1.54) is 11.3 Å². The van der Waals surface area contributed by atoms with Crippen LogP contribution >= 0.6 is 35.2 Å². The van der Waals surface area contributed by atoms with Gasteiger partial charge in [-0.2, -0.15) is 0 Å². The number of rotatable bonds is 5. The zero-order valence-corrected chi connectivity index (χ0v) is 20.1. The number of furan rings is 1. The van der Waals surface area contributed by atoms with Gasteiger partial charge in [-0.3, -0.25) is 14.9 Å². The van der Waals surface area contributed by atoms with Crippen LogP contribution in [0.2, 0.25) is 5.02 Å². The molecule has 2 aromatic carbocycles. The minimum absolute atomic E-state index is 0.0946. The summed E-state index contributed by atoms with van der Waals surface area (Å²) >= 11 is 12.8. The van der Waals surface area contributed by atoms with Crippen molar-refractivity contribution in [1.82, 2.24) is 10.3 Å². The number of nitrogens with zero attached hydrogens (tertiary/aromatic N) is 1. The molecule has 168 valence electrons. The molecule has 10 heteroatoms. The maximum absolute atomic E-state index is 12.6. The number of aromatic nitrogens is 1. The number of carbonyl (C=O) groups is 2. The Bertz CT molecular complexity index is 1380. The smallest absolute Gasteiger partial charge is 0.293 e. The van der Waals surface area contributed by atoms with Gasteiger partial charge in [-0.1, -0.05) is 42.0 Å². The monoisotopic (exact) mass is 498 g/mol. The van der Waals surface area contributed by atoms with Crippen molar-refractivity contribution in [3.8, 4) is 11.3 Å². The second-order valence-electron chi connectivity index (χ2n) is 7.14. The predicted molar refractivity (Wildman–Crippen MR) is 136 cm³/mol. The average molecular weight is 499 g/mol. The normalized spacial score (nSPS) is 10.8. The molecule has 33 heavy (non-hydrogen) atoms. The molecule has 0 unspecified atom stereocenters. The van der Waals surface area contributed by atoms with E-state index in [4.69, 9.17) is 28.2 Å². The first-order valence-corrected chi connectivity index (χ1v) is 11.6. The molecular weight excluding hydrogens is 480 g/mol. The van der Waals surface area contributed by atoms with Crippen LogP contribution in [-0.4, -0.2) is 21.9 Å². The van der Waals surface area contributed by atoms with Crippen molar-refractivity contribution in [3.63, 3.8) is 0 Å². The Morgan fingerprint density at radius 3 is 2.70 bits per heavy atom. The van der Waals surface area contributed by atoms with Crippen LogP contribution in [0, 0.1) is 6.92 Å². The van der Waals surface area contributed by atoms with E-state index >= 15 is 0 Å². The van der Waals surface area contributed by atoms with Crippen molar-refractivity contribution < 1.29 is 14.0 Å². The van der Waals surface area contributed by atoms with Crippen LogP contribution < -0.4 is 16.0 Å². The van der Waals surface area contributed by atoms with E-state index in [2.05, 4.69) is 20.9 Å². The summed E-state index contributed by atoms with van der Waals surface area (Å²) in [7, 11) is 0. The lowest BCUT2D eigenvalue weighted by atomic mass is 10.1. The van der Waals surface area contributed by atoms with Gasteiger partial charge < -0.3 is 15.1 Å². The summed E-state index contributed by atoms with van der Waals surface area (Å²) in [5.74, 6) is 0.0888. The van der Waals surface area contributed by atoms with Crippen LogP contribution in [0.4, 0.5) is 10.8 Å². The minimum atomic E-state index is -0.472. The molecule has 0 aliphatic rings. The number of amides is 2. The number of fused-ring (bicyclic) bond motifs is 1. The van der Waals surface area contributed by atoms with E-state index in [9.17, 15) is 9.59 Å². The van der Waals surface area contributed by atoms with E-state index < -0.39 is 5.91 Å². The second kappa shape index (κ2) is 9.70. The van der Waals surface area contributed by atoms with Gasteiger partial charge >= 0.3 is 0 Å². The molecule has 0 saturated heterocycles. The highest BCUT2D eigenvalue weighted by Crippen LogP contribution is 2.29. The molecule has 7 nitrogen and oxygen atoms in total. The van der Waals surface area contributed by atoms with Crippen molar-refractivity contribution >= 4 is 73.1 Å². The van der Waals surface area contributed by atoms with Crippen LogP contribution in [-0.2, 0) is 4.79 Å². The zero-order valence-electron chi connectivity index (χ0n) is 17.7. The van der Waals surface area contributed by atoms with Crippen LogP contribution in [0.3, 0.4) is 0 Å². The first-order chi connectivity index (χ1) is 15.8. The Morgan fingerprint density at radius 2 is 1.94 bits per heavy atom. The Morgan fingerprint density at radius 1 is 1.12 bits per heavy atom. The molecule has 0 aliphatic heterocycles. The fourth-order valence-corrected chi connectivity index (χ4v) is 4.26. The highest BCUT2D eigenvalue weighted by molar-refractivity contribution is 7.80. The average Bonchev–Trinajstić information content (AvgIpc) is 3.42. The standard InChI is InChI=1S/C23H19ClN4O3S2/c1-3-20(29)27-23-26-16-7-6-14(11-19(16)33-23)25-22(32)28-21(30)18-9-8-17(31-18)13-5-4-12(2)15(24)10-13/h4-11H,3H2,1-2H3,(H,26,27,29)(H2,25,28,30,32). The number of carbonyl (C=O) groups excluding carboxylic acids is 2. The summed E-state index contributed by atoms with van der Waals surface area (Å²) in [6.07, 6.45) is 0.382. The van der Waals surface area contributed by atoms with Crippen molar-refractivity contribution in [3.05, 3.63) is 64.9 Å². The van der Waals surface area contributed by atoms with Gasteiger partial charge in [0.1, 0.15) is 5.76 Å². The summed E-state index contributed by atoms with van der Waals surface area (Å²) in [5.41, 5.74) is 3.17. The van der Waals surface area contributed by atoms with Crippen LogP contribution in [0.15, 0.2) is 52.9 Å². The van der Waals surface area contributed by atoms with Gasteiger partial charge in [0.05, 0.1) is 10.2 Å². The van der Waals surface area contributed by atoms with Crippen molar-refractivity contribution in [2.45, 2.75) is 20.3 Å². The van der Waals surface area contributed by atoms with Crippen LogP contribution in [0.5, 0.6) is 0 Å². The molecule has 2 aromatic heterocycles. The van der Waals surface area contributed by atoms with Gasteiger partial charge in [-0.05, 0) is 61.1 Å². The largest absolute Gasteiger partial charge is 0.451 e. The lowest BCUT2D eigenvalue weighted by molar-refractivity contribution is -0.115. The second-order valence-corrected chi connectivity index (χ2v) is 8.99. The first kappa shape index (κ1) is 22.9. The number of halogens is 1. The summed E-state index contributed by atoms with van der Waals surface area (Å²) in [4.78, 5) is 28.5. The van der Waals surface area contributed by atoms with E-state index in [0.717, 1.165) is 21.3 Å². The minimum Gasteiger partial charge on any atom is -0.451 e. The third-order valence-electron chi connectivity index (χ3n) is 4.73. The molecule has 0 atom stereocenters. The van der Waals surface area contributed by atoms with Gasteiger partial charge in [0.2, 0.25) is 5.91 Å². The molecule has 0 spiro atoms. The van der Waals surface area contributed by atoms with Gasteiger partial charge in [-0.25, -0.2) is 4.98 Å².